The number of anilines is 2. The average Bonchev–Trinajstić information content (AvgIpc) is 3.08. The third-order valence-electron chi connectivity index (χ3n) is 4.45. The van der Waals surface area contributed by atoms with Gasteiger partial charge in [-0.25, -0.2) is 4.98 Å². The summed E-state index contributed by atoms with van der Waals surface area (Å²) in [5.41, 5.74) is 4.16. The summed E-state index contributed by atoms with van der Waals surface area (Å²) < 4.78 is 1.77. The fraction of sp³-hybridized carbons (Fsp3) is 0.190. The lowest BCUT2D eigenvalue weighted by molar-refractivity contribution is 0.768. The second-order valence-corrected chi connectivity index (χ2v) is 6.75. The van der Waals surface area contributed by atoms with Crippen molar-refractivity contribution < 1.29 is 0 Å². The maximum Gasteiger partial charge on any atom is 0.130 e. The molecule has 0 bridgehead atoms. The molecule has 3 heterocycles. The summed E-state index contributed by atoms with van der Waals surface area (Å²) in [5, 5.41) is 10.0. The van der Waals surface area contributed by atoms with Crippen LogP contribution in [0.2, 0.25) is 0 Å². The van der Waals surface area contributed by atoms with E-state index in [-0.39, 0.29) is 0 Å². The summed E-state index contributed by atoms with van der Waals surface area (Å²) in [5.74, 6) is 1.29. The maximum absolute atomic E-state index is 4.56. The van der Waals surface area contributed by atoms with E-state index >= 15 is 0 Å². The molecule has 0 aliphatic heterocycles. The fourth-order valence-electron chi connectivity index (χ4n) is 3.13. The van der Waals surface area contributed by atoms with Gasteiger partial charge in [-0.15, -0.1) is 0 Å². The SMILES string of the molecule is CC(C)c1cccc2cnc(Nc3ccnc(-c4cnn(C)c4)c3)cc12. The van der Waals surface area contributed by atoms with Crippen LogP contribution in [0, 0.1) is 0 Å². The number of nitrogens with zero attached hydrogens (tertiary/aromatic N) is 4. The molecule has 1 aromatic carbocycles. The Kier molecular flexibility index (Phi) is 4.13. The minimum atomic E-state index is 0.465. The van der Waals surface area contributed by atoms with Crippen LogP contribution in [-0.4, -0.2) is 19.7 Å². The summed E-state index contributed by atoms with van der Waals surface area (Å²) in [7, 11) is 1.90. The molecule has 0 radical (unpaired) electrons. The van der Waals surface area contributed by atoms with E-state index in [1.54, 1.807) is 10.9 Å². The van der Waals surface area contributed by atoms with E-state index in [2.05, 4.69) is 58.5 Å². The van der Waals surface area contributed by atoms with Crippen molar-refractivity contribution >= 4 is 22.3 Å². The van der Waals surface area contributed by atoms with E-state index in [0.717, 1.165) is 28.1 Å². The summed E-state index contributed by atoms with van der Waals surface area (Å²) >= 11 is 0. The van der Waals surface area contributed by atoms with E-state index in [1.165, 1.54) is 10.9 Å². The van der Waals surface area contributed by atoms with Crippen LogP contribution in [0.25, 0.3) is 22.0 Å². The number of nitrogens with one attached hydrogen (secondary N) is 1. The minimum absolute atomic E-state index is 0.465. The smallest absolute Gasteiger partial charge is 0.130 e. The molecular weight excluding hydrogens is 322 g/mol. The van der Waals surface area contributed by atoms with Gasteiger partial charge in [0.05, 0.1) is 11.9 Å². The molecule has 3 aromatic heterocycles. The first-order chi connectivity index (χ1) is 12.6. The van der Waals surface area contributed by atoms with E-state index in [9.17, 15) is 0 Å². The zero-order valence-electron chi connectivity index (χ0n) is 15.1. The Balaban J connectivity index is 1.68. The van der Waals surface area contributed by atoms with Crippen LogP contribution in [0.3, 0.4) is 0 Å². The number of aryl methyl sites for hydroxylation is 1. The predicted octanol–water partition coefficient (Wildman–Crippen LogP) is 4.90. The summed E-state index contributed by atoms with van der Waals surface area (Å²) in [6, 6.07) is 12.5. The molecule has 0 amide bonds. The van der Waals surface area contributed by atoms with Crippen molar-refractivity contribution in [2.75, 3.05) is 5.32 Å². The van der Waals surface area contributed by atoms with Gasteiger partial charge in [-0.3, -0.25) is 9.67 Å². The Morgan fingerprint density at radius 2 is 1.92 bits per heavy atom. The van der Waals surface area contributed by atoms with Gasteiger partial charge in [0.15, 0.2) is 0 Å². The molecule has 5 nitrogen and oxygen atoms in total. The summed E-state index contributed by atoms with van der Waals surface area (Å²) in [6.45, 7) is 4.43. The van der Waals surface area contributed by atoms with Gasteiger partial charge in [0.2, 0.25) is 0 Å². The quantitative estimate of drug-likeness (QED) is 0.573. The standard InChI is InChI=1S/C21H21N5/c1-14(2)18-6-4-5-15-11-23-21(10-19(15)18)25-17-7-8-22-20(9-17)16-12-24-26(3)13-16/h4-14H,1-3H3,(H,22,23,25). The zero-order chi connectivity index (χ0) is 18.1. The van der Waals surface area contributed by atoms with Crippen LogP contribution < -0.4 is 5.32 Å². The van der Waals surface area contributed by atoms with Gasteiger partial charge < -0.3 is 5.32 Å². The first kappa shape index (κ1) is 16.3. The molecule has 0 atom stereocenters. The molecule has 5 heteroatoms. The van der Waals surface area contributed by atoms with Crippen LogP contribution in [0.1, 0.15) is 25.3 Å². The fourth-order valence-corrected chi connectivity index (χ4v) is 3.13. The molecule has 0 fully saturated rings. The van der Waals surface area contributed by atoms with Gasteiger partial charge in [0.1, 0.15) is 5.82 Å². The van der Waals surface area contributed by atoms with Gasteiger partial charge in [-0.1, -0.05) is 32.0 Å². The number of pyridine rings is 2. The second kappa shape index (κ2) is 6.59. The topological polar surface area (TPSA) is 55.6 Å². The molecule has 130 valence electrons. The van der Waals surface area contributed by atoms with Gasteiger partial charge in [-0.2, -0.15) is 5.10 Å². The van der Waals surface area contributed by atoms with Crippen LogP contribution in [0.15, 0.2) is 61.2 Å². The Morgan fingerprint density at radius 1 is 1.04 bits per heavy atom. The Morgan fingerprint density at radius 3 is 2.69 bits per heavy atom. The molecule has 26 heavy (non-hydrogen) atoms. The number of benzene rings is 1. The van der Waals surface area contributed by atoms with Gasteiger partial charge in [-0.05, 0) is 35.1 Å². The van der Waals surface area contributed by atoms with E-state index in [0.29, 0.717) is 5.92 Å². The molecule has 4 aromatic rings. The van der Waals surface area contributed by atoms with Crippen molar-refractivity contribution in [3.63, 3.8) is 0 Å². The predicted molar refractivity (Wildman–Crippen MR) is 106 cm³/mol. The van der Waals surface area contributed by atoms with Gasteiger partial charge >= 0.3 is 0 Å². The average molecular weight is 343 g/mol. The minimum Gasteiger partial charge on any atom is -0.340 e. The van der Waals surface area contributed by atoms with Crippen molar-refractivity contribution in [1.29, 1.82) is 0 Å². The van der Waals surface area contributed by atoms with Gasteiger partial charge in [0, 0.05) is 42.3 Å². The third-order valence-corrected chi connectivity index (χ3v) is 4.45. The summed E-state index contributed by atoms with van der Waals surface area (Å²) in [4.78, 5) is 9.00. The van der Waals surface area contributed by atoms with Crippen molar-refractivity contribution in [3.8, 4) is 11.3 Å². The molecule has 1 N–H and O–H groups in total. The lowest BCUT2D eigenvalue weighted by atomic mass is 9.97. The monoisotopic (exact) mass is 343 g/mol. The third kappa shape index (κ3) is 3.16. The van der Waals surface area contributed by atoms with Crippen LogP contribution >= 0.6 is 0 Å². The van der Waals surface area contributed by atoms with Crippen molar-refractivity contribution in [2.24, 2.45) is 7.05 Å². The van der Waals surface area contributed by atoms with Crippen molar-refractivity contribution in [1.82, 2.24) is 19.7 Å². The van der Waals surface area contributed by atoms with Crippen molar-refractivity contribution in [3.05, 3.63) is 66.7 Å². The molecule has 0 unspecified atom stereocenters. The largest absolute Gasteiger partial charge is 0.340 e. The van der Waals surface area contributed by atoms with Crippen molar-refractivity contribution in [2.45, 2.75) is 19.8 Å². The number of hydrogen-bond acceptors (Lipinski definition) is 4. The molecule has 0 spiro atoms. The number of hydrogen-bond donors (Lipinski definition) is 1. The Hall–Kier alpha value is -3.21. The highest BCUT2D eigenvalue weighted by Crippen LogP contribution is 2.28. The molecule has 0 aliphatic carbocycles. The number of fused-ring (bicyclic) bond motifs is 1. The molecular formula is C21H21N5. The Bertz CT molecular complexity index is 1060. The Labute approximate surface area is 152 Å². The lowest BCUT2D eigenvalue weighted by Crippen LogP contribution is -1.96. The van der Waals surface area contributed by atoms with Crippen LogP contribution in [-0.2, 0) is 7.05 Å². The highest BCUT2D eigenvalue weighted by atomic mass is 15.2. The highest BCUT2D eigenvalue weighted by molar-refractivity contribution is 5.88. The lowest BCUT2D eigenvalue weighted by Gasteiger charge is -2.12. The molecule has 0 saturated carbocycles. The number of aromatic nitrogens is 4. The highest BCUT2D eigenvalue weighted by Gasteiger charge is 2.08. The van der Waals surface area contributed by atoms with Crippen LogP contribution in [0.5, 0.6) is 0 Å². The molecule has 4 rings (SSSR count). The molecule has 0 aliphatic rings. The first-order valence-corrected chi connectivity index (χ1v) is 8.71. The number of rotatable bonds is 4. The van der Waals surface area contributed by atoms with Crippen LogP contribution in [0.4, 0.5) is 11.5 Å². The van der Waals surface area contributed by atoms with E-state index in [4.69, 9.17) is 0 Å². The van der Waals surface area contributed by atoms with E-state index in [1.807, 2.05) is 37.8 Å². The van der Waals surface area contributed by atoms with E-state index < -0.39 is 0 Å². The normalized spacial score (nSPS) is 11.2. The van der Waals surface area contributed by atoms with Gasteiger partial charge in [0.25, 0.3) is 0 Å². The first-order valence-electron chi connectivity index (χ1n) is 8.71. The maximum atomic E-state index is 4.56. The summed E-state index contributed by atoms with van der Waals surface area (Å²) in [6.07, 6.45) is 7.49. The second-order valence-electron chi connectivity index (χ2n) is 6.75. The molecule has 0 saturated heterocycles. The zero-order valence-corrected chi connectivity index (χ0v) is 15.1.